The van der Waals surface area contributed by atoms with Crippen molar-refractivity contribution in [1.29, 1.82) is 0 Å². The van der Waals surface area contributed by atoms with E-state index in [1.165, 1.54) is 0 Å². The Labute approximate surface area is 312 Å². The lowest BCUT2D eigenvalue weighted by Gasteiger charge is -2.24. The van der Waals surface area contributed by atoms with Gasteiger partial charge in [0.1, 0.15) is 17.3 Å². The molecule has 0 saturated carbocycles. The summed E-state index contributed by atoms with van der Waals surface area (Å²) in [6, 6.07) is 25.0. The number of methoxy groups -OCH3 is 2. The van der Waals surface area contributed by atoms with Crippen LogP contribution in [0.2, 0.25) is 0 Å². The van der Waals surface area contributed by atoms with Crippen molar-refractivity contribution in [3.63, 3.8) is 0 Å². The average Bonchev–Trinajstić information content (AvgIpc) is 3.80. The van der Waals surface area contributed by atoms with E-state index < -0.39 is 0 Å². The van der Waals surface area contributed by atoms with Crippen LogP contribution in [0.1, 0.15) is 61.6 Å². The summed E-state index contributed by atoms with van der Waals surface area (Å²) in [4.78, 5) is 5.34. The van der Waals surface area contributed by atoms with Crippen molar-refractivity contribution in [1.82, 2.24) is 19.3 Å². The summed E-state index contributed by atoms with van der Waals surface area (Å²) in [5, 5.41) is 10.4. The standard InChI is InChI=1S/C41H44BrN5O5/c1-48-30-14-9-27(10-15-30)24-43-41-38-39(42)35(26-52-37-8-4-6-22-51-37)46(25-28-11-16-31(49-2)17-12-28)40(38)32-18-13-29(23-33(32)45-41)34-19-20-44-47(34)36-7-3-5-21-50-36/h9-20,23,36-37H,3-8,21-22,24-26H2,1-2H3,(H,43,45). The van der Waals surface area contributed by atoms with Gasteiger partial charge in [-0.05, 0) is 102 Å². The lowest BCUT2D eigenvalue weighted by molar-refractivity contribution is -0.169. The number of nitrogens with zero attached hydrogens (tertiary/aromatic N) is 4. The second kappa shape index (κ2) is 15.7. The van der Waals surface area contributed by atoms with Crippen LogP contribution in [-0.4, -0.2) is 53.1 Å². The zero-order valence-electron chi connectivity index (χ0n) is 29.6. The van der Waals surface area contributed by atoms with Crippen molar-refractivity contribution >= 4 is 43.6 Å². The average molecular weight is 767 g/mol. The number of aromatic nitrogens is 4. The molecule has 6 aromatic rings. The Bertz CT molecular complexity index is 2130. The quantitative estimate of drug-likeness (QED) is 0.132. The zero-order valence-corrected chi connectivity index (χ0v) is 31.2. The minimum absolute atomic E-state index is 0.0694. The van der Waals surface area contributed by atoms with Crippen LogP contribution in [0.25, 0.3) is 33.1 Å². The first-order valence-corrected chi connectivity index (χ1v) is 18.9. The van der Waals surface area contributed by atoms with Gasteiger partial charge in [0.15, 0.2) is 12.5 Å². The molecule has 0 spiro atoms. The monoisotopic (exact) mass is 765 g/mol. The normalized spacial score (nSPS) is 17.8. The SMILES string of the molecule is COc1ccc(CNc2nc3cc(-c4ccnn4C4CCCCO4)ccc3c3c2c(Br)c(COC2CCCCO2)n3Cc2ccc(OC)cc2)cc1. The minimum Gasteiger partial charge on any atom is -0.497 e. The zero-order chi connectivity index (χ0) is 35.4. The number of pyridine rings is 1. The predicted molar refractivity (Wildman–Crippen MR) is 206 cm³/mol. The van der Waals surface area contributed by atoms with E-state index in [0.29, 0.717) is 19.7 Å². The largest absolute Gasteiger partial charge is 0.497 e. The number of halogens is 1. The van der Waals surface area contributed by atoms with Crippen LogP contribution in [0.15, 0.2) is 83.5 Å². The molecule has 10 nitrogen and oxygen atoms in total. The number of nitrogens with one attached hydrogen (secondary N) is 1. The molecule has 3 aromatic carbocycles. The number of hydrogen-bond acceptors (Lipinski definition) is 8. The van der Waals surface area contributed by atoms with E-state index in [9.17, 15) is 0 Å². The Morgan fingerprint density at radius 2 is 1.58 bits per heavy atom. The predicted octanol–water partition coefficient (Wildman–Crippen LogP) is 9.24. The van der Waals surface area contributed by atoms with Crippen LogP contribution in [0.4, 0.5) is 5.82 Å². The molecule has 2 saturated heterocycles. The second-order valence-electron chi connectivity index (χ2n) is 13.4. The van der Waals surface area contributed by atoms with Gasteiger partial charge >= 0.3 is 0 Å². The molecule has 0 bridgehead atoms. The maximum absolute atomic E-state index is 6.47. The highest BCUT2D eigenvalue weighted by Gasteiger charge is 2.25. The van der Waals surface area contributed by atoms with Crippen LogP contribution in [0, 0.1) is 0 Å². The first-order valence-electron chi connectivity index (χ1n) is 18.1. The summed E-state index contributed by atoms with van der Waals surface area (Å²) >= 11 is 4.06. The maximum Gasteiger partial charge on any atom is 0.158 e. The van der Waals surface area contributed by atoms with E-state index in [-0.39, 0.29) is 12.5 Å². The molecule has 2 aliphatic heterocycles. The Hall–Kier alpha value is -4.42. The number of hydrogen-bond donors (Lipinski definition) is 1. The van der Waals surface area contributed by atoms with E-state index in [2.05, 4.69) is 74.3 Å². The van der Waals surface area contributed by atoms with Gasteiger partial charge in [0.25, 0.3) is 0 Å². The van der Waals surface area contributed by atoms with Gasteiger partial charge in [-0.2, -0.15) is 5.10 Å². The topological polar surface area (TPSA) is 93.8 Å². The fraction of sp³-hybridized carbons (Fsp3) is 0.366. The van der Waals surface area contributed by atoms with Crippen LogP contribution in [-0.2, 0) is 33.9 Å². The summed E-state index contributed by atoms with van der Waals surface area (Å²) < 4.78 is 34.8. The lowest BCUT2D eigenvalue weighted by atomic mass is 10.1. The summed E-state index contributed by atoms with van der Waals surface area (Å²) in [6.45, 7) is 3.07. The van der Waals surface area contributed by atoms with Crippen molar-refractivity contribution in [2.24, 2.45) is 0 Å². The van der Waals surface area contributed by atoms with Gasteiger partial charge in [0.05, 0.1) is 53.1 Å². The number of anilines is 1. The number of ether oxygens (including phenoxy) is 5. The Kier molecular flexibility index (Phi) is 10.4. The second-order valence-corrected chi connectivity index (χ2v) is 14.2. The highest BCUT2D eigenvalue weighted by Crippen LogP contribution is 2.42. The molecule has 5 heterocycles. The Morgan fingerprint density at radius 1 is 0.846 bits per heavy atom. The van der Waals surface area contributed by atoms with Gasteiger partial charge in [-0.3, -0.25) is 0 Å². The molecule has 270 valence electrons. The van der Waals surface area contributed by atoms with Gasteiger partial charge in [0.2, 0.25) is 0 Å². The fourth-order valence-electron chi connectivity index (χ4n) is 7.28. The van der Waals surface area contributed by atoms with Crippen LogP contribution in [0.3, 0.4) is 0 Å². The van der Waals surface area contributed by atoms with Gasteiger partial charge < -0.3 is 33.6 Å². The molecule has 8 rings (SSSR count). The maximum atomic E-state index is 6.47. The molecule has 2 fully saturated rings. The van der Waals surface area contributed by atoms with E-state index in [1.54, 1.807) is 14.2 Å². The van der Waals surface area contributed by atoms with Gasteiger partial charge in [-0.15, -0.1) is 0 Å². The third kappa shape index (κ3) is 7.15. The van der Waals surface area contributed by atoms with Crippen molar-refractivity contribution in [2.45, 2.75) is 70.7 Å². The van der Waals surface area contributed by atoms with Crippen molar-refractivity contribution < 1.29 is 23.7 Å². The molecule has 0 aliphatic carbocycles. The smallest absolute Gasteiger partial charge is 0.158 e. The molecule has 2 aliphatic rings. The molecule has 0 radical (unpaired) electrons. The summed E-state index contributed by atoms with van der Waals surface area (Å²) in [7, 11) is 3.37. The molecule has 0 amide bonds. The van der Waals surface area contributed by atoms with Crippen molar-refractivity contribution in [3.05, 3.63) is 100 Å². The molecule has 1 N–H and O–H groups in total. The molecular formula is C41H44BrN5O5. The first kappa shape index (κ1) is 34.7. The summed E-state index contributed by atoms with van der Waals surface area (Å²) in [5.74, 6) is 2.44. The van der Waals surface area contributed by atoms with E-state index in [4.69, 9.17) is 33.8 Å². The van der Waals surface area contributed by atoms with Gasteiger partial charge in [0, 0.05) is 43.4 Å². The summed E-state index contributed by atoms with van der Waals surface area (Å²) in [5.41, 5.74) is 7.29. The molecule has 3 aromatic heterocycles. The van der Waals surface area contributed by atoms with Crippen molar-refractivity contribution in [2.75, 3.05) is 32.8 Å². The highest BCUT2D eigenvalue weighted by molar-refractivity contribution is 9.10. The number of rotatable bonds is 12. The Morgan fingerprint density at radius 3 is 2.27 bits per heavy atom. The highest BCUT2D eigenvalue weighted by atomic mass is 79.9. The molecule has 52 heavy (non-hydrogen) atoms. The molecule has 2 unspecified atom stereocenters. The van der Waals surface area contributed by atoms with E-state index in [0.717, 1.165) is 123 Å². The van der Waals surface area contributed by atoms with Crippen LogP contribution >= 0.6 is 15.9 Å². The molecular weight excluding hydrogens is 722 g/mol. The van der Waals surface area contributed by atoms with Gasteiger partial charge in [-0.25, -0.2) is 9.67 Å². The minimum atomic E-state index is -0.226. The van der Waals surface area contributed by atoms with Crippen LogP contribution < -0.4 is 14.8 Å². The number of benzene rings is 3. The molecule has 11 heteroatoms. The lowest BCUT2D eigenvalue weighted by Crippen LogP contribution is -2.22. The van der Waals surface area contributed by atoms with E-state index >= 15 is 0 Å². The van der Waals surface area contributed by atoms with Crippen LogP contribution in [0.5, 0.6) is 11.5 Å². The van der Waals surface area contributed by atoms with Crippen molar-refractivity contribution in [3.8, 4) is 22.8 Å². The first-order chi connectivity index (χ1) is 25.6. The summed E-state index contributed by atoms with van der Waals surface area (Å²) in [6.07, 6.45) is 7.78. The Balaban J connectivity index is 1.27. The van der Waals surface area contributed by atoms with Gasteiger partial charge in [-0.1, -0.05) is 36.4 Å². The van der Waals surface area contributed by atoms with E-state index in [1.807, 2.05) is 35.1 Å². The fourth-order valence-corrected chi connectivity index (χ4v) is 7.99. The third-order valence-electron chi connectivity index (χ3n) is 10.1. The number of fused-ring (bicyclic) bond motifs is 3. The molecule has 2 atom stereocenters. The third-order valence-corrected chi connectivity index (χ3v) is 10.9.